The van der Waals surface area contributed by atoms with Crippen molar-refractivity contribution in [2.75, 3.05) is 13.1 Å². The molecule has 0 aromatic rings. The first-order chi connectivity index (χ1) is 10.3. The van der Waals surface area contributed by atoms with Gasteiger partial charge in [0.05, 0.1) is 5.92 Å². The third kappa shape index (κ3) is 3.79. The van der Waals surface area contributed by atoms with Crippen LogP contribution in [0.5, 0.6) is 0 Å². The van der Waals surface area contributed by atoms with Gasteiger partial charge in [-0.05, 0) is 54.4 Å². The highest BCUT2D eigenvalue weighted by molar-refractivity contribution is 5.78. The molecule has 1 amide bonds. The zero-order valence-electron chi connectivity index (χ0n) is 15.1. The van der Waals surface area contributed by atoms with Crippen LogP contribution in [0.4, 0.5) is 4.79 Å². The van der Waals surface area contributed by atoms with Gasteiger partial charge in [0.25, 0.3) is 0 Å². The second-order valence-electron chi connectivity index (χ2n) is 8.83. The van der Waals surface area contributed by atoms with Crippen molar-refractivity contribution in [1.82, 2.24) is 4.90 Å². The molecule has 1 saturated carbocycles. The van der Waals surface area contributed by atoms with Gasteiger partial charge in [0.2, 0.25) is 0 Å². The summed E-state index contributed by atoms with van der Waals surface area (Å²) < 4.78 is 11.0. The zero-order valence-corrected chi connectivity index (χ0v) is 15.1. The summed E-state index contributed by atoms with van der Waals surface area (Å²) in [6.45, 7) is 11.8. The maximum absolute atomic E-state index is 12.6. The molecular weight excluding hydrogens is 296 g/mol. The number of ether oxygens (including phenoxy) is 2. The summed E-state index contributed by atoms with van der Waals surface area (Å²) >= 11 is 0. The molecule has 2 rings (SSSR count). The molecule has 1 heterocycles. The molecule has 1 spiro atoms. The summed E-state index contributed by atoms with van der Waals surface area (Å²) in [6.07, 6.45) is 1.33. The SMILES string of the molecule is CC(C)(C)OC(=O)C1CN(C(=O)OC(C)(C)C)CC12CCC2N. The molecule has 2 fully saturated rings. The standard InChI is InChI=1S/C17H30N2O4/c1-15(2,3)22-13(20)11-9-19(14(21)23-16(4,5)6)10-17(11)8-7-12(17)18/h11-12H,7-10,18H2,1-6H3. The molecular formula is C17H30N2O4. The van der Waals surface area contributed by atoms with Crippen molar-refractivity contribution in [1.29, 1.82) is 0 Å². The van der Waals surface area contributed by atoms with E-state index in [1.54, 1.807) is 4.90 Å². The van der Waals surface area contributed by atoms with Crippen LogP contribution in [-0.4, -0.2) is 47.3 Å². The van der Waals surface area contributed by atoms with Gasteiger partial charge in [0, 0.05) is 24.5 Å². The van der Waals surface area contributed by atoms with Crippen LogP contribution in [0.15, 0.2) is 0 Å². The maximum atomic E-state index is 12.6. The monoisotopic (exact) mass is 326 g/mol. The van der Waals surface area contributed by atoms with Gasteiger partial charge in [0.15, 0.2) is 0 Å². The highest BCUT2D eigenvalue weighted by Gasteiger charge is 2.60. The van der Waals surface area contributed by atoms with E-state index in [0.717, 1.165) is 12.8 Å². The largest absolute Gasteiger partial charge is 0.460 e. The van der Waals surface area contributed by atoms with E-state index < -0.39 is 11.2 Å². The van der Waals surface area contributed by atoms with Crippen molar-refractivity contribution in [3.05, 3.63) is 0 Å². The summed E-state index contributed by atoms with van der Waals surface area (Å²) in [7, 11) is 0. The van der Waals surface area contributed by atoms with Crippen LogP contribution in [-0.2, 0) is 14.3 Å². The van der Waals surface area contributed by atoms with Crippen LogP contribution in [0, 0.1) is 11.3 Å². The number of nitrogens with two attached hydrogens (primary N) is 1. The van der Waals surface area contributed by atoms with E-state index in [0.29, 0.717) is 13.1 Å². The molecule has 0 bridgehead atoms. The number of amides is 1. The van der Waals surface area contributed by atoms with Gasteiger partial charge in [-0.15, -0.1) is 0 Å². The lowest BCUT2D eigenvalue weighted by molar-refractivity contribution is -0.166. The van der Waals surface area contributed by atoms with E-state index >= 15 is 0 Å². The van der Waals surface area contributed by atoms with Gasteiger partial charge >= 0.3 is 12.1 Å². The summed E-state index contributed by atoms with van der Waals surface area (Å²) in [5.74, 6) is -0.642. The highest BCUT2D eigenvalue weighted by Crippen LogP contribution is 2.51. The third-order valence-electron chi connectivity index (χ3n) is 4.58. The lowest BCUT2D eigenvalue weighted by atomic mass is 9.59. The Bertz CT molecular complexity index is 492. The topological polar surface area (TPSA) is 81.9 Å². The summed E-state index contributed by atoms with van der Waals surface area (Å²) in [4.78, 5) is 26.6. The molecule has 2 aliphatic rings. The first-order valence-corrected chi connectivity index (χ1v) is 8.30. The predicted molar refractivity (Wildman–Crippen MR) is 86.8 cm³/mol. The first-order valence-electron chi connectivity index (χ1n) is 8.30. The normalized spacial score (nSPS) is 31.0. The number of likely N-dealkylation sites (tertiary alicyclic amines) is 1. The average molecular weight is 326 g/mol. The number of hydrogen-bond donors (Lipinski definition) is 1. The molecule has 3 atom stereocenters. The van der Waals surface area contributed by atoms with Gasteiger partial charge in [-0.25, -0.2) is 4.79 Å². The Morgan fingerprint density at radius 2 is 1.65 bits per heavy atom. The second kappa shape index (κ2) is 5.65. The molecule has 0 aromatic heterocycles. The Morgan fingerprint density at radius 3 is 2.04 bits per heavy atom. The van der Waals surface area contributed by atoms with Crippen LogP contribution in [0.1, 0.15) is 54.4 Å². The van der Waals surface area contributed by atoms with Crippen LogP contribution >= 0.6 is 0 Å². The fraction of sp³-hybridized carbons (Fsp3) is 0.882. The minimum absolute atomic E-state index is 0.0764. The lowest BCUT2D eigenvalue weighted by Crippen LogP contribution is -2.57. The minimum Gasteiger partial charge on any atom is -0.460 e. The molecule has 6 heteroatoms. The fourth-order valence-electron chi connectivity index (χ4n) is 3.39. The fourth-order valence-corrected chi connectivity index (χ4v) is 3.39. The van der Waals surface area contributed by atoms with E-state index in [-0.39, 0.29) is 29.4 Å². The van der Waals surface area contributed by atoms with Gasteiger partial charge in [-0.1, -0.05) is 0 Å². The first kappa shape index (κ1) is 18.0. The molecule has 132 valence electrons. The van der Waals surface area contributed by atoms with Crippen molar-refractivity contribution in [3.8, 4) is 0 Å². The van der Waals surface area contributed by atoms with Crippen molar-refractivity contribution in [2.24, 2.45) is 17.1 Å². The highest BCUT2D eigenvalue weighted by atomic mass is 16.6. The average Bonchev–Trinajstić information content (AvgIpc) is 2.76. The lowest BCUT2D eigenvalue weighted by Gasteiger charge is -2.47. The number of esters is 1. The van der Waals surface area contributed by atoms with Crippen molar-refractivity contribution < 1.29 is 19.1 Å². The molecule has 0 aromatic carbocycles. The maximum Gasteiger partial charge on any atom is 0.410 e. The predicted octanol–water partition coefficient (Wildman–Crippen LogP) is 2.30. The molecule has 0 radical (unpaired) electrons. The van der Waals surface area contributed by atoms with E-state index in [1.807, 2.05) is 41.5 Å². The van der Waals surface area contributed by atoms with Gasteiger partial charge < -0.3 is 20.1 Å². The molecule has 23 heavy (non-hydrogen) atoms. The second-order valence-corrected chi connectivity index (χ2v) is 8.83. The Morgan fingerprint density at radius 1 is 1.09 bits per heavy atom. The Hall–Kier alpha value is -1.30. The van der Waals surface area contributed by atoms with E-state index in [2.05, 4.69) is 0 Å². The molecule has 2 N–H and O–H groups in total. The van der Waals surface area contributed by atoms with Crippen LogP contribution in [0.2, 0.25) is 0 Å². The summed E-state index contributed by atoms with van der Waals surface area (Å²) in [5.41, 5.74) is 4.74. The van der Waals surface area contributed by atoms with Crippen LogP contribution < -0.4 is 5.73 Å². The number of rotatable bonds is 1. The van der Waals surface area contributed by atoms with Gasteiger partial charge in [-0.2, -0.15) is 0 Å². The van der Waals surface area contributed by atoms with E-state index in [4.69, 9.17) is 15.2 Å². The van der Waals surface area contributed by atoms with Crippen molar-refractivity contribution >= 4 is 12.1 Å². The number of hydrogen-bond acceptors (Lipinski definition) is 5. The summed E-state index contributed by atoms with van der Waals surface area (Å²) in [6, 6.07) is -0.0764. The smallest absolute Gasteiger partial charge is 0.410 e. The Kier molecular flexibility index (Phi) is 4.43. The molecule has 1 saturated heterocycles. The number of carbonyl (C=O) groups excluding carboxylic acids is 2. The number of nitrogens with zero attached hydrogens (tertiary/aromatic N) is 1. The van der Waals surface area contributed by atoms with Crippen LogP contribution in [0.3, 0.4) is 0 Å². The molecule has 3 unspecified atom stereocenters. The molecule has 1 aliphatic carbocycles. The summed E-state index contributed by atoms with van der Waals surface area (Å²) in [5, 5.41) is 0. The minimum atomic E-state index is -0.560. The van der Waals surface area contributed by atoms with E-state index in [1.165, 1.54) is 0 Å². The molecule has 1 aliphatic heterocycles. The van der Waals surface area contributed by atoms with E-state index in [9.17, 15) is 9.59 Å². The molecule has 6 nitrogen and oxygen atoms in total. The third-order valence-corrected chi connectivity index (χ3v) is 4.58. The zero-order chi connectivity index (χ0) is 17.6. The van der Waals surface area contributed by atoms with Crippen molar-refractivity contribution in [2.45, 2.75) is 71.6 Å². The van der Waals surface area contributed by atoms with Gasteiger partial charge in [-0.3, -0.25) is 4.79 Å². The van der Waals surface area contributed by atoms with Crippen LogP contribution in [0.25, 0.3) is 0 Å². The number of carbonyl (C=O) groups is 2. The quantitative estimate of drug-likeness (QED) is 0.748. The van der Waals surface area contributed by atoms with Gasteiger partial charge in [0.1, 0.15) is 11.2 Å². The Labute approximate surface area is 138 Å². The Balaban J connectivity index is 2.15. The van der Waals surface area contributed by atoms with Crippen molar-refractivity contribution in [3.63, 3.8) is 0 Å².